The van der Waals surface area contributed by atoms with E-state index in [9.17, 15) is 0 Å². The lowest BCUT2D eigenvalue weighted by atomic mass is 9.43. The second-order valence-electron chi connectivity index (χ2n) is 8.28. The summed E-state index contributed by atoms with van der Waals surface area (Å²) >= 11 is 6.45. The lowest BCUT2D eigenvalue weighted by molar-refractivity contribution is -0.0400. The van der Waals surface area contributed by atoms with Gasteiger partial charge in [-0.05, 0) is 96.2 Å². The van der Waals surface area contributed by atoms with Crippen molar-refractivity contribution in [2.75, 3.05) is 0 Å². The van der Waals surface area contributed by atoms with Crippen molar-refractivity contribution in [1.29, 1.82) is 0 Å². The molecule has 0 saturated heterocycles. The monoisotopic (exact) mass is 321 g/mol. The Morgan fingerprint density at radius 1 is 0.870 bits per heavy atom. The molecule has 5 aliphatic carbocycles. The number of aromatic nitrogens is 1. The third-order valence-corrected chi connectivity index (χ3v) is 7.65. The number of hydrogen-bond acceptors (Lipinski definition) is 1. The van der Waals surface area contributed by atoms with Crippen LogP contribution in [0.3, 0.4) is 0 Å². The van der Waals surface area contributed by atoms with Crippen LogP contribution in [-0.2, 0) is 5.41 Å². The molecule has 5 aliphatic rings. The third-order valence-electron chi connectivity index (χ3n) is 7.41. The van der Waals surface area contributed by atoms with Crippen LogP contribution in [0.2, 0.25) is 5.02 Å². The lowest BCUT2D eigenvalue weighted by Crippen LogP contribution is -2.55. The quantitative estimate of drug-likeness (QED) is 0.628. The molecule has 23 heavy (non-hydrogen) atoms. The number of halogens is 1. The molecule has 0 atom stereocenters. The van der Waals surface area contributed by atoms with Gasteiger partial charge in [-0.2, -0.15) is 0 Å². The Hall–Kier alpha value is -1.34. The zero-order valence-electron chi connectivity index (χ0n) is 13.1. The molecule has 1 aromatic carbocycles. The van der Waals surface area contributed by atoms with Crippen LogP contribution in [0.1, 0.15) is 43.2 Å². The van der Waals surface area contributed by atoms with Gasteiger partial charge in [-0.25, -0.2) is 0 Å². The Kier molecular flexibility index (Phi) is 2.37. The highest BCUT2D eigenvalue weighted by Crippen LogP contribution is 2.69. The van der Waals surface area contributed by atoms with Crippen LogP contribution in [0.15, 0.2) is 36.7 Å². The summed E-state index contributed by atoms with van der Waals surface area (Å²) in [5.74, 6) is 3.54. The summed E-state index contributed by atoms with van der Waals surface area (Å²) in [6.07, 6.45) is 11.3. The molecule has 1 aromatic heterocycles. The molecule has 4 fully saturated rings. The van der Waals surface area contributed by atoms with Crippen molar-refractivity contribution in [1.82, 2.24) is 4.98 Å². The van der Waals surface area contributed by atoms with E-state index in [0.29, 0.717) is 0 Å². The lowest BCUT2D eigenvalue weighted by Gasteiger charge is -2.61. The van der Waals surface area contributed by atoms with E-state index < -0.39 is 0 Å². The number of hydrogen-bond donors (Lipinski definition) is 0. The van der Waals surface area contributed by atoms with Crippen molar-refractivity contribution in [3.63, 3.8) is 0 Å². The highest BCUT2D eigenvalue weighted by molar-refractivity contribution is 6.30. The standard InChI is InChI=1S/C21H20ClN/c22-16-1-2-17-18-3-4-23-11-20(18)21(19(17)10-16)14-6-12-5-13(8-14)9-15(21)7-12/h1-4,10-15H,5-9H2. The molecule has 4 saturated carbocycles. The maximum absolute atomic E-state index is 6.45. The molecule has 4 bridgehead atoms. The second kappa shape index (κ2) is 4.19. The van der Waals surface area contributed by atoms with E-state index in [-0.39, 0.29) is 5.41 Å². The molecule has 0 radical (unpaired) electrons. The van der Waals surface area contributed by atoms with E-state index in [0.717, 1.165) is 28.7 Å². The maximum atomic E-state index is 6.45. The molecular weight excluding hydrogens is 302 g/mol. The van der Waals surface area contributed by atoms with Gasteiger partial charge in [0, 0.05) is 22.8 Å². The number of benzene rings is 1. The first-order valence-electron chi connectivity index (χ1n) is 9.01. The summed E-state index contributed by atoms with van der Waals surface area (Å²) in [4.78, 5) is 4.54. The van der Waals surface area contributed by atoms with Gasteiger partial charge in [0.2, 0.25) is 0 Å². The number of nitrogens with zero attached hydrogens (tertiary/aromatic N) is 1. The Bertz CT molecular complexity index is 796. The van der Waals surface area contributed by atoms with Gasteiger partial charge in [0.05, 0.1) is 0 Å². The summed E-state index contributed by atoms with van der Waals surface area (Å²) in [5, 5.41) is 0.887. The van der Waals surface area contributed by atoms with Crippen molar-refractivity contribution in [2.24, 2.45) is 23.7 Å². The van der Waals surface area contributed by atoms with Crippen molar-refractivity contribution in [3.8, 4) is 11.1 Å². The number of fused-ring (bicyclic) bond motifs is 3. The smallest absolute Gasteiger partial charge is 0.0409 e. The van der Waals surface area contributed by atoms with Gasteiger partial charge in [-0.1, -0.05) is 17.7 Å². The van der Waals surface area contributed by atoms with Crippen LogP contribution in [0, 0.1) is 23.7 Å². The van der Waals surface area contributed by atoms with Gasteiger partial charge in [-0.15, -0.1) is 0 Å². The van der Waals surface area contributed by atoms with E-state index in [1.54, 1.807) is 0 Å². The first-order chi connectivity index (χ1) is 11.3. The largest absolute Gasteiger partial charge is 0.264 e. The predicted molar refractivity (Wildman–Crippen MR) is 92.5 cm³/mol. The zero-order valence-corrected chi connectivity index (χ0v) is 13.9. The Labute approximate surface area is 142 Å². The van der Waals surface area contributed by atoms with E-state index in [1.165, 1.54) is 54.4 Å². The first kappa shape index (κ1) is 13.0. The van der Waals surface area contributed by atoms with Gasteiger partial charge in [0.1, 0.15) is 0 Å². The fourth-order valence-electron chi connectivity index (χ4n) is 7.00. The van der Waals surface area contributed by atoms with Crippen molar-refractivity contribution in [3.05, 3.63) is 52.8 Å². The fourth-order valence-corrected chi connectivity index (χ4v) is 7.18. The summed E-state index contributed by atoms with van der Waals surface area (Å²) in [5.41, 5.74) is 6.06. The van der Waals surface area contributed by atoms with Gasteiger partial charge >= 0.3 is 0 Å². The number of rotatable bonds is 0. The van der Waals surface area contributed by atoms with Gasteiger partial charge in [0.25, 0.3) is 0 Å². The van der Waals surface area contributed by atoms with Crippen LogP contribution >= 0.6 is 11.6 Å². The van der Waals surface area contributed by atoms with E-state index >= 15 is 0 Å². The van der Waals surface area contributed by atoms with Crippen LogP contribution < -0.4 is 0 Å². The summed E-state index contributed by atoms with van der Waals surface area (Å²) in [7, 11) is 0. The molecule has 0 N–H and O–H groups in total. The van der Waals surface area contributed by atoms with E-state index in [2.05, 4.69) is 35.4 Å². The Balaban J connectivity index is 1.69. The molecule has 7 rings (SSSR count). The number of pyridine rings is 1. The van der Waals surface area contributed by atoms with Crippen LogP contribution in [0.5, 0.6) is 0 Å². The Morgan fingerprint density at radius 2 is 1.57 bits per heavy atom. The zero-order chi connectivity index (χ0) is 15.2. The van der Waals surface area contributed by atoms with Gasteiger partial charge < -0.3 is 0 Å². The van der Waals surface area contributed by atoms with Gasteiger partial charge in [-0.3, -0.25) is 4.98 Å². The SMILES string of the molecule is Clc1ccc2c(c1)C1(c3cnccc3-2)C2CC3CC(C2)CC1C3. The van der Waals surface area contributed by atoms with Crippen LogP contribution in [0.25, 0.3) is 11.1 Å². The molecule has 2 heteroatoms. The molecule has 1 spiro atoms. The normalized spacial score (nSPS) is 38.8. The van der Waals surface area contributed by atoms with Crippen molar-refractivity contribution in [2.45, 2.75) is 37.5 Å². The third kappa shape index (κ3) is 1.44. The first-order valence-corrected chi connectivity index (χ1v) is 9.39. The molecule has 116 valence electrons. The molecular formula is C21H20ClN. The minimum atomic E-state index is 0.206. The van der Waals surface area contributed by atoms with Crippen LogP contribution in [0.4, 0.5) is 0 Å². The molecule has 2 aromatic rings. The second-order valence-corrected chi connectivity index (χ2v) is 8.72. The highest BCUT2D eigenvalue weighted by Gasteiger charge is 2.61. The average molecular weight is 322 g/mol. The molecule has 0 unspecified atom stereocenters. The minimum absolute atomic E-state index is 0.206. The summed E-state index contributed by atoms with van der Waals surface area (Å²) in [6.45, 7) is 0. The summed E-state index contributed by atoms with van der Waals surface area (Å²) in [6, 6.07) is 8.80. The van der Waals surface area contributed by atoms with Crippen molar-refractivity contribution < 1.29 is 0 Å². The van der Waals surface area contributed by atoms with Gasteiger partial charge in [0.15, 0.2) is 0 Å². The molecule has 1 nitrogen and oxygen atoms in total. The van der Waals surface area contributed by atoms with E-state index in [1.807, 2.05) is 6.20 Å². The van der Waals surface area contributed by atoms with Crippen molar-refractivity contribution >= 4 is 11.6 Å². The summed E-state index contributed by atoms with van der Waals surface area (Å²) < 4.78 is 0. The molecule has 0 amide bonds. The maximum Gasteiger partial charge on any atom is 0.0409 e. The minimum Gasteiger partial charge on any atom is -0.264 e. The average Bonchev–Trinajstić information content (AvgIpc) is 2.83. The van der Waals surface area contributed by atoms with E-state index in [4.69, 9.17) is 11.6 Å². The molecule has 0 aliphatic heterocycles. The highest BCUT2D eigenvalue weighted by atomic mass is 35.5. The predicted octanol–water partition coefficient (Wildman–Crippen LogP) is 5.46. The molecule has 1 heterocycles. The van der Waals surface area contributed by atoms with Crippen LogP contribution in [-0.4, -0.2) is 4.98 Å². The topological polar surface area (TPSA) is 12.9 Å². The fraction of sp³-hybridized carbons (Fsp3) is 0.476. The Morgan fingerprint density at radius 3 is 2.30 bits per heavy atom.